The van der Waals surface area contributed by atoms with Crippen LogP contribution in [0, 0.1) is 0 Å². The molecule has 1 aromatic heterocycles. The topological polar surface area (TPSA) is 29.1 Å². The average Bonchev–Trinajstić information content (AvgIpc) is 2.55. The van der Waals surface area contributed by atoms with Gasteiger partial charge >= 0.3 is 0 Å². The van der Waals surface area contributed by atoms with Gasteiger partial charge in [0.2, 0.25) is 0 Å². The highest BCUT2D eigenvalue weighted by Gasteiger charge is 2.03. The molecule has 1 amide bonds. The Morgan fingerprint density at radius 1 is 1.62 bits per heavy atom. The summed E-state index contributed by atoms with van der Waals surface area (Å²) in [7, 11) is 0. The van der Waals surface area contributed by atoms with Crippen molar-refractivity contribution in [3.05, 3.63) is 34.0 Å². The SMILES string of the molecule is CC(C)=CCNC(=O)c1cccs1. The molecule has 2 nitrogen and oxygen atoms in total. The van der Waals surface area contributed by atoms with Gasteiger partial charge in [-0.15, -0.1) is 11.3 Å². The van der Waals surface area contributed by atoms with Crippen molar-refractivity contribution in [3.63, 3.8) is 0 Å². The molecule has 70 valence electrons. The lowest BCUT2D eigenvalue weighted by atomic mass is 10.3. The summed E-state index contributed by atoms with van der Waals surface area (Å²) < 4.78 is 0. The quantitative estimate of drug-likeness (QED) is 0.737. The monoisotopic (exact) mass is 195 g/mol. The van der Waals surface area contributed by atoms with Crippen LogP contribution in [0.15, 0.2) is 29.2 Å². The minimum Gasteiger partial charge on any atom is -0.348 e. The summed E-state index contributed by atoms with van der Waals surface area (Å²) >= 11 is 1.46. The third-order valence-corrected chi connectivity index (χ3v) is 2.39. The maximum Gasteiger partial charge on any atom is 0.261 e. The van der Waals surface area contributed by atoms with Crippen LogP contribution in [0.4, 0.5) is 0 Å². The summed E-state index contributed by atoms with van der Waals surface area (Å²) in [5.74, 6) is 0.00694. The second-order valence-corrected chi connectivity index (χ2v) is 3.92. The van der Waals surface area contributed by atoms with Gasteiger partial charge in [-0.3, -0.25) is 4.79 Å². The van der Waals surface area contributed by atoms with Crippen molar-refractivity contribution in [1.82, 2.24) is 5.32 Å². The standard InChI is InChI=1S/C10H13NOS/c1-8(2)5-6-11-10(12)9-4-3-7-13-9/h3-5,7H,6H2,1-2H3,(H,11,12). The van der Waals surface area contributed by atoms with Crippen LogP contribution in [0.2, 0.25) is 0 Å². The van der Waals surface area contributed by atoms with Crippen molar-refractivity contribution in [3.8, 4) is 0 Å². The van der Waals surface area contributed by atoms with Crippen LogP contribution < -0.4 is 5.32 Å². The molecule has 0 saturated carbocycles. The molecule has 0 bridgehead atoms. The van der Waals surface area contributed by atoms with Gasteiger partial charge in [-0.2, -0.15) is 0 Å². The number of thiophene rings is 1. The Bertz CT molecular complexity index is 297. The van der Waals surface area contributed by atoms with Crippen LogP contribution in [-0.2, 0) is 0 Å². The Labute approximate surface area is 82.3 Å². The van der Waals surface area contributed by atoms with Gasteiger partial charge in [-0.25, -0.2) is 0 Å². The van der Waals surface area contributed by atoms with Crippen LogP contribution in [-0.4, -0.2) is 12.5 Å². The first-order valence-corrected chi connectivity index (χ1v) is 5.03. The van der Waals surface area contributed by atoms with E-state index in [9.17, 15) is 4.79 Å². The molecule has 1 heterocycles. The van der Waals surface area contributed by atoms with E-state index in [1.807, 2.05) is 37.4 Å². The second kappa shape index (κ2) is 4.82. The van der Waals surface area contributed by atoms with Crippen molar-refractivity contribution in [2.75, 3.05) is 6.54 Å². The van der Waals surface area contributed by atoms with Gasteiger partial charge in [0.25, 0.3) is 5.91 Å². The lowest BCUT2D eigenvalue weighted by molar-refractivity contribution is 0.0962. The molecule has 0 fully saturated rings. The summed E-state index contributed by atoms with van der Waals surface area (Å²) in [6.45, 7) is 4.63. The summed E-state index contributed by atoms with van der Waals surface area (Å²) in [6, 6.07) is 3.70. The fourth-order valence-corrected chi connectivity index (χ4v) is 1.48. The molecule has 0 unspecified atom stereocenters. The first kappa shape index (κ1) is 9.99. The van der Waals surface area contributed by atoms with E-state index in [2.05, 4.69) is 5.32 Å². The summed E-state index contributed by atoms with van der Waals surface area (Å²) in [5.41, 5.74) is 1.21. The molecule has 13 heavy (non-hydrogen) atoms. The van der Waals surface area contributed by atoms with E-state index in [0.29, 0.717) is 6.54 Å². The maximum absolute atomic E-state index is 11.4. The third kappa shape index (κ3) is 3.42. The van der Waals surface area contributed by atoms with E-state index >= 15 is 0 Å². The molecule has 0 saturated heterocycles. The zero-order valence-corrected chi connectivity index (χ0v) is 8.65. The molecular formula is C10H13NOS. The highest BCUT2D eigenvalue weighted by atomic mass is 32.1. The highest BCUT2D eigenvalue weighted by Crippen LogP contribution is 2.07. The number of hydrogen-bond donors (Lipinski definition) is 1. The Kier molecular flexibility index (Phi) is 3.71. The lowest BCUT2D eigenvalue weighted by Gasteiger charge is -1.98. The van der Waals surface area contributed by atoms with E-state index in [-0.39, 0.29) is 5.91 Å². The van der Waals surface area contributed by atoms with Gasteiger partial charge in [0.1, 0.15) is 0 Å². The maximum atomic E-state index is 11.4. The highest BCUT2D eigenvalue weighted by molar-refractivity contribution is 7.12. The van der Waals surface area contributed by atoms with Crippen LogP contribution in [0.5, 0.6) is 0 Å². The Morgan fingerprint density at radius 3 is 2.92 bits per heavy atom. The third-order valence-electron chi connectivity index (χ3n) is 1.52. The molecule has 0 aromatic carbocycles. The molecule has 0 spiro atoms. The number of carbonyl (C=O) groups is 1. The van der Waals surface area contributed by atoms with E-state index < -0.39 is 0 Å². The predicted molar refractivity (Wildman–Crippen MR) is 56.1 cm³/mol. The molecule has 0 aliphatic heterocycles. The van der Waals surface area contributed by atoms with Gasteiger partial charge in [-0.05, 0) is 25.3 Å². The van der Waals surface area contributed by atoms with E-state index in [1.165, 1.54) is 16.9 Å². The number of nitrogens with one attached hydrogen (secondary N) is 1. The van der Waals surface area contributed by atoms with Crippen molar-refractivity contribution in [2.24, 2.45) is 0 Å². The number of hydrogen-bond acceptors (Lipinski definition) is 2. The Morgan fingerprint density at radius 2 is 2.38 bits per heavy atom. The lowest BCUT2D eigenvalue weighted by Crippen LogP contribution is -2.22. The van der Waals surface area contributed by atoms with E-state index in [1.54, 1.807) is 0 Å². The predicted octanol–water partition coefficient (Wildman–Crippen LogP) is 2.44. The van der Waals surface area contributed by atoms with E-state index in [0.717, 1.165) is 4.88 Å². The van der Waals surface area contributed by atoms with Gasteiger partial charge in [-0.1, -0.05) is 17.7 Å². The van der Waals surface area contributed by atoms with Gasteiger partial charge in [0.15, 0.2) is 0 Å². The molecule has 1 aromatic rings. The molecular weight excluding hydrogens is 182 g/mol. The average molecular weight is 195 g/mol. The van der Waals surface area contributed by atoms with Crippen molar-refractivity contribution in [2.45, 2.75) is 13.8 Å². The Hall–Kier alpha value is -1.09. The van der Waals surface area contributed by atoms with Crippen molar-refractivity contribution in [1.29, 1.82) is 0 Å². The van der Waals surface area contributed by atoms with Crippen LogP contribution in [0.3, 0.4) is 0 Å². The fraction of sp³-hybridized carbons (Fsp3) is 0.300. The molecule has 3 heteroatoms. The first-order chi connectivity index (χ1) is 6.20. The summed E-state index contributed by atoms with van der Waals surface area (Å²) in [5, 5.41) is 4.71. The van der Waals surface area contributed by atoms with Crippen LogP contribution in [0.25, 0.3) is 0 Å². The fourth-order valence-electron chi connectivity index (χ4n) is 0.843. The first-order valence-electron chi connectivity index (χ1n) is 4.15. The minimum absolute atomic E-state index is 0.00694. The smallest absolute Gasteiger partial charge is 0.261 e. The van der Waals surface area contributed by atoms with E-state index in [4.69, 9.17) is 0 Å². The van der Waals surface area contributed by atoms with Crippen LogP contribution in [0.1, 0.15) is 23.5 Å². The zero-order chi connectivity index (χ0) is 9.68. The molecule has 1 N–H and O–H groups in total. The van der Waals surface area contributed by atoms with Gasteiger partial charge < -0.3 is 5.32 Å². The summed E-state index contributed by atoms with van der Waals surface area (Å²) in [6.07, 6.45) is 1.99. The molecule has 0 atom stereocenters. The molecule has 0 radical (unpaired) electrons. The van der Waals surface area contributed by atoms with Gasteiger partial charge in [0.05, 0.1) is 4.88 Å². The molecule has 0 aliphatic rings. The van der Waals surface area contributed by atoms with Crippen molar-refractivity contribution >= 4 is 17.2 Å². The second-order valence-electron chi connectivity index (χ2n) is 2.97. The zero-order valence-electron chi connectivity index (χ0n) is 7.83. The molecule has 1 rings (SSSR count). The summed E-state index contributed by atoms with van der Waals surface area (Å²) in [4.78, 5) is 12.1. The van der Waals surface area contributed by atoms with Gasteiger partial charge in [0, 0.05) is 6.54 Å². The minimum atomic E-state index is 0.00694. The number of carbonyl (C=O) groups excluding carboxylic acids is 1. The Balaban J connectivity index is 2.39. The van der Waals surface area contributed by atoms with Crippen molar-refractivity contribution < 1.29 is 4.79 Å². The number of rotatable bonds is 3. The normalized spacial score (nSPS) is 9.38. The van der Waals surface area contributed by atoms with Crippen LogP contribution >= 0.6 is 11.3 Å². The molecule has 0 aliphatic carbocycles. The number of allylic oxidation sites excluding steroid dienone is 1. The number of amides is 1. The largest absolute Gasteiger partial charge is 0.348 e.